The first kappa shape index (κ1) is 13.6. The molecule has 0 radical (unpaired) electrons. The zero-order valence-electron chi connectivity index (χ0n) is 11.5. The highest BCUT2D eigenvalue weighted by atomic mass is 16.5. The number of ether oxygens (including phenoxy) is 1. The molecule has 5 nitrogen and oxygen atoms in total. The van der Waals surface area contributed by atoms with Crippen LogP contribution in [0, 0.1) is 24.2 Å². The third-order valence-electron chi connectivity index (χ3n) is 4.87. The summed E-state index contributed by atoms with van der Waals surface area (Å²) < 4.78 is 5.45. The van der Waals surface area contributed by atoms with Crippen LogP contribution < -0.4 is 5.73 Å². The van der Waals surface area contributed by atoms with Crippen LogP contribution >= 0.6 is 0 Å². The van der Waals surface area contributed by atoms with E-state index in [1.54, 1.807) is 4.90 Å². The van der Waals surface area contributed by atoms with Crippen LogP contribution in [0.4, 0.5) is 0 Å². The van der Waals surface area contributed by atoms with E-state index in [0.29, 0.717) is 6.54 Å². The van der Waals surface area contributed by atoms with E-state index in [1.807, 2.05) is 0 Å². The van der Waals surface area contributed by atoms with Gasteiger partial charge in [0.1, 0.15) is 18.8 Å². The maximum atomic E-state index is 12.6. The second kappa shape index (κ2) is 5.19. The predicted octanol–water partition coefficient (Wildman–Crippen LogP) is -0.0680. The van der Waals surface area contributed by atoms with Crippen molar-refractivity contribution < 1.29 is 14.3 Å². The summed E-state index contributed by atoms with van der Waals surface area (Å²) in [4.78, 5) is 26.1. The number of hydrogen-bond acceptors (Lipinski definition) is 4. The van der Waals surface area contributed by atoms with Crippen LogP contribution in [0.1, 0.15) is 25.7 Å². The molecule has 0 aromatic rings. The molecule has 0 bridgehead atoms. The monoisotopic (exact) mass is 276 g/mol. The van der Waals surface area contributed by atoms with Crippen LogP contribution in [0.2, 0.25) is 0 Å². The number of nitrogens with two attached hydrogens (primary N) is 1. The number of terminal acetylenes is 1. The van der Waals surface area contributed by atoms with Crippen molar-refractivity contribution in [1.82, 2.24) is 4.90 Å². The minimum absolute atomic E-state index is 0.0515. The zero-order chi connectivity index (χ0) is 14.3. The highest BCUT2D eigenvalue weighted by molar-refractivity contribution is 5.94. The normalized spacial score (nSPS) is 35.1. The number of amides is 1. The lowest BCUT2D eigenvalue weighted by atomic mass is 9.97. The van der Waals surface area contributed by atoms with Crippen molar-refractivity contribution in [2.75, 3.05) is 13.2 Å². The van der Waals surface area contributed by atoms with E-state index >= 15 is 0 Å². The third-order valence-corrected chi connectivity index (χ3v) is 4.87. The van der Waals surface area contributed by atoms with Gasteiger partial charge >= 0.3 is 0 Å². The highest BCUT2D eigenvalue weighted by Crippen LogP contribution is 2.34. The minimum atomic E-state index is -0.518. The van der Waals surface area contributed by atoms with E-state index in [1.165, 1.54) is 0 Å². The van der Waals surface area contributed by atoms with Gasteiger partial charge in [0.25, 0.3) is 0 Å². The Morgan fingerprint density at radius 1 is 1.45 bits per heavy atom. The number of carbonyl (C=O) groups excluding carboxylic acids is 2. The average Bonchev–Trinajstić information content (AvgIpc) is 3.15. The van der Waals surface area contributed by atoms with Crippen molar-refractivity contribution in [2.45, 2.75) is 43.9 Å². The van der Waals surface area contributed by atoms with E-state index in [2.05, 4.69) is 5.92 Å². The number of nitrogens with zero attached hydrogens (tertiary/aromatic N) is 1. The van der Waals surface area contributed by atoms with Gasteiger partial charge in [0, 0.05) is 6.54 Å². The fourth-order valence-corrected chi connectivity index (χ4v) is 3.74. The molecule has 3 fully saturated rings. The van der Waals surface area contributed by atoms with Crippen molar-refractivity contribution >= 4 is 11.7 Å². The number of rotatable bonds is 2. The highest BCUT2D eigenvalue weighted by Gasteiger charge is 2.52. The van der Waals surface area contributed by atoms with Gasteiger partial charge in [-0.3, -0.25) is 9.59 Å². The number of ketones is 1. The Balaban J connectivity index is 1.77. The van der Waals surface area contributed by atoms with Gasteiger partial charge in [0.2, 0.25) is 5.91 Å². The number of hydrogen-bond donors (Lipinski definition) is 1. The summed E-state index contributed by atoms with van der Waals surface area (Å²) >= 11 is 0. The molecule has 2 N–H and O–H groups in total. The van der Waals surface area contributed by atoms with Crippen LogP contribution in [0.25, 0.3) is 0 Å². The fraction of sp³-hybridized carbons (Fsp3) is 0.733. The predicted molar refractivity (Wildman–Crippen MR) is 72.5 cm³/mol. The van der Waals surface area contributed by atoms with Crippen LogP contribution in [0.3, 0.4) is 0 Å². The van der Waals surface area contributed by atoms with Crippen LogP contribution in [0.15, 0.2) is 0 Å². The van der Waals surface area contributed by atoms with E-state index < -0.39 is 12.1 Å². The summed E-state index contributed by atoms with van der Waals surface area (Å²) in [6.07, 6.45) is 9.40. The number of carbonyl (C=O) groups is 2. The quantitative estimate of drug-likeness (QED) is 0.717. The molecule has 5 heteroatoms. The van der Waals surface area contributed by atoms with Gasteiger partial charge in [-0.1, -0.05) is 18.8 Å². The maximum Gasteiger partial charge on any atom is 0.240 e. The molecule has 1 amide bonds. The molecule has 0 aromatic heterocycles. The first-order valence-corrected chi connectivity index (χ1v) is 7.30. The molecule has 3 aliphatic rings. The summed E-state index contributed by atoms with van der Waals surface area (Å²) in [5.41, 5.74) is 6.12. The van der Waals surface area contributed by atoms with Crippen molar-refractivity contribution in [2.24, 2.45) is 17.6 Å². The Kier molecular flexibility index (Phi) is 3.53. The lowest BCUT2D eigenvalue weighted by Gasteiger charge is -2.27. The molecule has 0 unspecified atom stereocenters. The molecule has 2 saturated heterocycles. The second-order valence-corrected chi connectivity index (χ2v) is 6.02. The van der Waals surface area contributed by atoms with Gasteiger partial charge in [0.15, 0.2) is 5.78 Å². The lowest BCUT2D eigenvalue weighted by Crippen LogP contribution is -2.51. The maximum absolute atomic E-state index is 12.6. The Labute approximate surface area is 118 Å². The van der Waals surface area contributed by atoms with Gasteiger partial charge < -0.3 is 15.4 Å². The van der Waals surface area contributed by atoms with E-state index in [0.717, 1.165) is 25.7 Å². The molecule has 4 atom stereocenters. The summed E-state index contributed by atoms with van der Waals surface area (Å²) in [6, 6.07) is -1.03. The van der Waals surface area contributed by atoms with Gasteiger partial charge in [-0.05, 0) is 18.8 Å². The standard InChI is InChI=1S/C15H20N2O3/c1-2-9-7-17(13-11(18)8-20-14(9)13)15(19)12(16)10-5-3-4-6-10/h1,9-10,12-14H,3-8,16H2/t9-,12+,13-,14-/m1/s1. The van der Waals surface area contributed by atoms with E-state index in [-0.39, 0.29) is 36.2 Å². The molecule has 1 saturated carbocycles. The van der Waals surface area contributed by atoms with E-state index in [9.17, 15) is 9.59 Å². The van der Waals surface area contributed by atoms with Crippen molar-refractivity contribution in [1.29, 1.82) is 0 Å². The first-order valence-electron chi connectivity index (χ1n) is 7.30. The van der Waals surface area contributed by atoms with Gasteiger partial charge in [-0.15, -0.1) is 6.42 Å². The molecule has 108 valence electrons. The largest absolute Gasteiger partial charge is 0.366 e. The van der Waals surface area contributed by atoms with Gasteiger partial charge in [0.05, 0.1) is 12.0 Å². The van der Waals surface area contributed by atoms with Gasteiger partial charge in [-0.2, -0.15) is 0 Å². The molecular weight excluding hydrogens is 256 g/mol. The van der Waals surface area contributed by atoms with Crippen molar-refractivity contribution in [3.8, 4) is 12.3 Å². The first-order chi connectivity index (χ1) is 9.63. The molecule has 3 rings (SSSR count). The average molecular weight is 276 g/mol. The molecule has 0 aromatic carbocycles. The number of likely N-dealkylation sites (tertiary alicyclic amines) is 1. The van der Waals surface area contributed by atoms with Crippen LogP contribution in [-0.4, -0.2) is 47.9 Å². The third kappa shape index (κ3) is 2.04. The smallest absolute Gasteiger partial charge is 0.240 e. The molecule has 20 heavy (non-hydrogen) atoms. The minimum Gasteiger partial charge on any atom is -0.366 e. The second-order valence-electron chi connectivity index (χ2n) is 6.02. The lowest BCUT2D eigenvalue weighted by molar-refractivity contribution is -0.138. The number of Topliss-reactive ketones (excluding diaryl/α,β-unsaturated/α-hetero) is 1. The van der Waals surface area contributed by atoms with Crippen molar-refractivity contribution in [3.05, 3.63) is 0 Å². The Morgan fingerprint density at radius 3 is 2.80 bits per heavy atom. The number of fused-ring (bicyclic) bond motifs is 1. The Hall–Kier alpha value is -1.38. The Bertz CT molecular complexity index is 464. The fourth-order valence-electron chi connectivity index (χ4n) is 3.74. The summed E-state index contributed by atoms with van der Waals surface area (Å²) in [5, 5.41) is 0. The molecule has 2 heterocycles. The van der Waals surface area contributed by atoms with E-state index in [4.69, 9.17) is 16.9 Å². The van der Waals surface area contributed by atoms with Crippen molar-refractivity contribution in [3.63, 3.8) is 0 Å². The SMILES string of the molecule is C#C[C@@H]1CN(C(=O)[C@@H](N)C2CCCC2)[C@@H]2C(=O)CO[C@H]12. The summed E-state index contributed by atoms with van der Waals surface area (Å²) in [6.45, 7) is 0.437. The molecule has 2 aliphatic heterocycles. The summed E-state index contributed by atoms with van der Waals surface area (Å²) in [7, 11) is 0. The Morgan fingerprint density at radius 2 is 2.15 bits per heavy atom. The van der Waals surface area contributed by atoms with Gasteiger partial charge in [-0.25, -0.2) is 0 Å². The molecular formula is C15H20N2O3. The summed E-state index contributed by atoms with van der Waals surface area (Å²) in [5.74, 6) is 2.48. The van der Waals surface area contributed by atoms with Crippen LogP contribution in [0.5, 0.6) is 0 Å². The zero-order valence-corrected chi connectivity index (χ0v) is 11.5. The topological polar surface area (TPSA) is 72.6 Å². The molecule has 1 aliphatic carbocycles. The van der Waals surface area contributed by atoms with Crippen LogP contribution in [-0.2, 0) is 14.3 Å². The molecule has 0 spiro atoms.